The summed E-state index contributed by atoms with van der Waals surface area (Å²) in [6.07, 6.45) is 22.8. The molecule has 0 bridgehead atoms. The number of para-hydroxylation sites is 4. The van der Waals surface area contributed by atoms with Gasteiger partial charge in [-0.3, -0.25) is 19.2 Å². The van der Waals surface area contributed by atoms with Gasteiger partial charge in [-0.15, -0.1) is 0 Å². The van der Waals surface area contributed by atoms with Gasteiger partial charge < -0.3 is 51.8 Å². The number of phenolic OH excluding ortho intramolecular Hbond substituents is 1. The fraction of sp³-hybridized carbons (Fsp3) is 0.345. The number of pyridine rings is 5. The van der Waals surface area contributed by atoms with Crippen LogP contribution in [0.2, 0.25) is 0 Å². The van der Waals surface area contributed by atoms with Gasteiger partial charge in [-0.25, -0.2) is 34.9 Å². The zero-order valence-corrected chi connectivity index (χ0v) is 74.6. The standard InChI is InChI=1S/C25H23N3O3.C14H10N2O2.3C11H14FNO.C11H12FNO.CH2O3.2Cs.H/c29-18-11-7-16(8-12-18)20-4-3-15-26-25(20)31-19-13-9-17(10-14-19)23(30)24-27-21-5-1-2-6-22(21)28-24;17-10-7-5-9(6-8-10)13(18)14-15-11-3-1-2-4-12(11)16-14;4*12-11-10(2-1-7-13-11)8-3-5-9(14)6-4-8;2-1-4-3;;;/h1-6,9-10,13-16,18,29H,7-8,11-12H2,(H,27,28);1-8,17H,(H,15,16);3*1-2,7-9,14H,3-6H2;1-2,7-8H,3-6H2;1,3H;;;/q;;;;;;;2*+1;-1/p-1. The van der Waals surface area contributed by atoms with Crippen LogP contribution >= 0.6 is 0 Å². The zero-order chi connectivity index (χ0) is 77.0. The number of benzene rings is 4. The Kier molecular flexibility index (Phi) is 37.7. The van der Waals surface area contributed by atoms with Crippen molar-refractivity contribution in [1.82, 2.24) is 44.9 Å². The van der Waals surface area contributed by atoms with Crippen LogP contribution in [0.4, 0.5) is 17.6 Å². The number of aromatic hydroxyl groups is 1. The fourth-order valence-corrected chi connectivity index (χ4v) is 14.2. The zero-order valence-electron chi connectivity index (χ0n) is 63.0. The fourth-order valence-electron chi connectivity index (χ4n) is 14.2. The number of ketones is 3. The number of carbonyl (C=O) groups excluding carboxylic acids is 4. The number of imidazole rings is 2. The first kappa shape index (κ1) is 89.8. The molecule has 0 unspecified atom stereocenters. The number of fused-ring (bicyclic) bond motifs is 2. The summed E-state index contributed by atoms with van der Waals surface area (Å²) in [5.74, 6) is 1.72. The summed E-state index contributed by atoms with van der Waals surface area (Å²) in [7, 11) is 0. The number of aliphatic hydroxyl groups is 4. The molecule has 16 rings (SSSR count). The van der Waals surface area contributed by atoms with Crippen LogP contribution in [0.3, 0.4) is 0 Å². The number of hydrogen-bond donors (Lipinski definition) is 7. The number of ether oxygens (including phenoxy) is 1. The Morgan fingerprint density at radius 3 is 1.04 bits per heavy atom. The van der Waals surface area contributed by atoms with Crippen LogP contribution in [0, 0.1) is 23.8 Å². The molecule has 7 aromatic heterocycles. The van der Waals surface area contributed by atoms with Crippen LogP contribution in [0.25, 0.3) is 22.1 Å². The number of hydrogen-bond acceptors (Lipinski definition) is 19. The van der Waals surface area contributed by atoms with Gasteiger partial charge in [0.1, 0.15) is 17.3 Å². The van der Waals surface area contributed by atoms with Crippen LogP contribution < -0.4 is 148 Å². The molecule has 111 heavy (non-hydrogen) atoms. The number of nitrogens with one attached hydrogen (secondary N) is 2. The normalized spacial score (nSPS) is 19.9. The molecule has 0 spiro atoms. The van der Waals surface area contributed by atoms with Gasteiger partial charge in [-0.1, -0.05) is 54.6 Å². The van der Waals surface area contributed by atoms with Crippen molar-refractivity contribution in [2.75, 3.05) is 0 Å². The molecular weight excluding hydrogens is 1670 g/mol. The van der Waals surface area contributed by atoms with E-state index in [9.17, 15) is 57.5 Å². The summed E-state index contributed by atoms with van der Waals surface area (Å²) in [4.78, 5) is 80.9. The summed E-state index contributed by atoms with van der Waals surface area (Å²) in [5.41, 5.74) is 8.09. The van der Waals surface area contributed by atoms with Crippen molar-refractivity contribution in [2.24, 2.45) is 0 Å². The maximum Gasteiger partial charge on any atom is 1.00 e. The van der Waals surface area contributed by atoms with Gasteiger partial charge in [-0.2, -0.15) is 17.6 Å². The summed E-state index contributed by atoms with van der Waals surface area (Å²) >= 11 is 0. The Morgan fingerprint density at radius 1 is 0.414 bits per heavy atom. The van der Waals surface area contributed by atoms with Gasteiger partial charge in [0.15, 0.2) is 11.6 Å². The Balaban J connectivity index is 0.000000190. The van der Waals surface area contributed by atoms with Gasteiger partial charge in [-0.05, 0) is 248 Å². The molecule has 5 saturated carbocycles. The molecule has 5 fully saturated rings. The molecule has 7 N–H and O–H groups in total. The van der Waals surface area contributed by atoms with Crippen molar-refractivity contribution < 1.29 is 216 Å². The maximum absolute atomic E-state index is 13.3. The number of rotatable bonds is 12. The predicted molar refractivity (Wildman–Crippen MR) is 398 cm³/mol. The predicted octanol–water partition coefficient (Wildman–Crippen LogP) is 9.22. The van der Waals surface area contributed by atoms with Crippen LogP contribution in [0.5, 0.6) is 17.4 Å². The van der Waals surface area contributed by atoms with Crippen LogP contribution in [-0.2, 0) is 14.5 Å². The van der Waals surface area contributed by atoms with E-state index in [1.54, 1.807) is 91.1 Å². The topological polar surface area (TPSA) is 333 Å². The van der Waals surface area contributed by atoms with Crippen molar-refractivity contribution in [3.8, 4) is 17.4 Å². The van der Waals surface area contributed by atoms with Crippen molar-refractivity contribution in [1.29, 1.82) is 0 Å². The Morgan fingerprint density at radius 2 is 0.712 bits per heavy atom. The number of halogens is 4. The number of phenols is 1. The Hall–Kier alpha value is -6.73. The second kappa shape index (κ2) is 46.6. The first-order valence-electron chi connectivity index (χ1n) is 36.8. The second-order valence-corrected chi connectivity index (χ2v) is 27.5. The van der Waals surface area contributed by atoms with Gasteiger partial charge in [0.25, 0.3) is 6.47 Å². The molecule has 0 radical (unpaired) electrons. The average molecular weight is 1760 g/mol. The SMILES string of the molecule is O=C(c1ccc(O)cc1)c1nc2ccccc2[nH]1.O=C(c1ccc(Oc2ncccc2C2CCC(O)CC2)cc1)c1nc2ccccc2[nH]1.O=C1CCC(c2cccnc2F)CC1.O=CO[O-].OC1CCC(c2cccnc2F)CC1.OC1CCC(c2cccnc2F)CC1.OC1CCC(c2cccnc2F)CC1.[Cs+].[Cs+].[H-]. The van der Waals surface area contributed by atoms with Crippen molar-refractivity contribution in [3.63, 3.8) is 0 Å². The molecule has 11 aromatic rings. The minimum atomic E-state index is -0.383. The van der Waals surface area contributed by atoms with Crippen molar-refractivity contribution in [2.45, 2.75) is 182 Å². The van der Waals surface area contributed by atoms with E-state index in [4.69, 9.17) is 14.8 Å². The van der Waals surface area contributed by atoms with Gasteiger partial charge in [0, 0.05) is 82.8 Å². The Bertz CT molecular complexity index is 4490. The maximum atomic E-state index is 13.3. The van der Waals surface area contributed by atoms with E-state index in [0.717, 1.165) is 143 Å². The van der Waals surface area contributed by atoms with Crippen LogP contribution in [0.15, 0.2) is 189 Å². The third-order valence-corrected chi connectivity index (χ3v) is 20.2. The molecule has 0 atom stereocenters. The number of aliphatic hydroxyl groups excluding tert-OH is 4. The first-order chi connectivity index (χ1) is 52.9. The number of H-pyrrole nitrogens is 2. The monoisotopic (exact) mass is 1760 g/mol. The summed E-state index contributed by atoms with van der Waals surface area (Å²) in [6, 6.07) is 46.4. The Labute approximate surface area is 760 Å². The van der Waals surface area contributed by atoms with E-state index in [2.05, 4.69) is 49.7 Å². The molecule has 572 valence electrons. The number of aromatic nitrogens is 9. The average Bonchev–Trinajstić information content (AvgIpc) is 1.70. The molecule has 0 saturated heterocycles. The van der Waals surface area contributed by atoms with E-state index in [0.29, 0.717) is 81.2 Å². The van der Waals surface area contributed by atoms with E-state index >= 15 is 0 Å². The third kappa shape index (κ3) is 27.2. The van der Waals surface area contributed by atoms with Crippen LogP contribution in [-0.4, -0.2) is 119 Å². The molecule has 0 amide bonds. The number of Topliss-reactive ketones (excluding diaryl/α,β-unsaturated/α-hetero) is 1. The quantitative estimate of drug-likeness (QED) is 0.0150. The van der Waals surface area contributed by atoms with Gasteiger partial charge in [0.05, 0.1) is 46.5 Å². The number of carbonyl (C=O) groups is 4. The van der Waals surface area contributed by atoms with Gasteiger partial charge in [0.2, 0.25) is 41.2 Å². The van der Waals surface area contributed by atoms with Crippen LogP contribution in [0.1, 0.15) is 220 Å². The molecular formula is C84H89Cs2F4N9O12. The van der Waals surface area contributed by atoms with E-state index in [-0.39, 0.29) is 235 Å². The second-order valence-electron chi connectivity index (χ2n) is 27.5. The van der Waals surface area contributed by atoms with Gasteiger partial charge >= 0.3 is 138 Å². The number of aromatic amines is 2. The first-order valence-corrected chi connectivity index (χ1v) is 36.8. The minimum absolute atomic E-state index is 0. The molecule has 0 aliphatic heterocycles. The van der Waals surface area contributed by atoms with E-state index < -0.39 is 0 Å². The minimum Gasteiger partial charge on any atom is -1.00 e. The third-order valence-electron chi connectivity index (χ3n) is 20.2. The summed E-state index contributed by atoms with van der Waals surface area (Å²) in [5, 5.41) is 55.4. The smallest absolute Gasteiger partial charge is 1.00 e. The van der Waals surface area contributed by atoms with Crippen molar-refractivity contribution >= 4 is 45.9 Å². The molecule has 5 aliphatic carbocycles. The summed E-state index contributed by atoms with van der Waals surface area (Å²) in [6.45, 7) is -0.181. The van der Waals surface area contributed by atoms with E-state index in [1.807, 2.05) is 60.7 Å². The molecule has 4 aromatic carbocycles. The van der Waals surface area contributed by atoms with Crippen molar-refractivity contribution in [3.05, 3.63) is 263 Å². The largest absolute Gasteiger partial charge is 1.00 e. The molecule has 5 aliphatic rings. The molecule has 7 heterocycles. The van der Waals surface area contributed by atoms with E-state index in [1.165, 1.54) is 36.9 Å². The number of nitrogens with zero attached hydrogens (tertiary/aromatic N) is 7. The summed E-state index contributed by atoms with van der Waals surface area (Å²) < 4.78 is 59.2. The molecule has 21 nitrogen and oxygen atoms in total. The molecule has 27 heteroatoms.